The standard InChI is InChI=1S/C15H17N3O2S/c19-21(20)14-4-1-3-11-13(6-5-12(17-21)15(11)14)18-9-2-7-16-8-10-18/h1,3-6,16-17H,2,7-10H2. The molecule has 0 saturated carbocycles. The molecule has 0 aromatic heterocycles. The normalized spacial score (nSPS) is 20.3. The van der Waals surface area contributed by atoms with Crippen LogP contribution in [0.4, 0.5) is 11.4 Å². The number of hydrogen-bond donors (Lipinski definition) is 2. The molecule has 2 aliphatic heterocycles. The molecule has 0 amide bonds. The summed E-state index contributed by atoms with van der Waals surface area (Å²) in [7, 11) is -3.39. The van der Waals surface area contributed by atoms with Gasteiger partial charge >= 0.3 is 0 Å². The van der Waals surface area contributed by atoms with Crippen molar-refractivity contribution in [3.05, 3.63) is 30.3 Å². The van der Waals surface area contributed by atoms with Crippen molar-refractivity contribution in [1.82, 2.24) is 5.32 Å². The first-order valence-corrected chi connectivity index (χ1v) is 8.69. The molecule has 0 atom stereocenters. The fraction of sp³-hybridized carbons (Fsp3) is 0.333. The Kier molecular flexibility index (Phi) is 2.83. The molecule has 2 heterocycles. The van der Waals surface area contributed by atoms with Crippen molar-refractivity contribution in [1.29, 1.82) is 0 Å². The number of nitrogens with one attached hydrogen (secondary N) is 2. The molecule has 4 rings (SSSR count). The van der Waals surface area contributed by atoms with Crippen LogP contribution < -0.4 is 14.9 Å². The first kappa shape index (κ1) is 12.9. The minimum absolute atomic E-state index is 0.393. The van der Waals surface area contributed by atoms with E-state index in [4.69, 9.17) is 0 Å². The zero-order valence-corrected chi connectivity index (χ0v) is 12.4. The molecule has 2 aromatic rings. The maximum atomic E-state index is 12.1. The smallest absolute Gasteiger partial charge is 0.262 e. The van der Waals surface area contributed by atoms with Crippen molar-refractivity contribution in [2.75, 3.05) is 35.8 Å². The minimum atomic E-state index is -3.39. The predicted molar refractivity (Wildman–Crippen MR) is 84.5 cm³/mol. The maximum Gasteiger partial charge on any atom is 0.262 e. The van der Waals surface area contributed by atoms with Crippen LogP contribution in [0.15, 0.2) is 35.2 Å². The zero-order valence-electron chi connectivity index (χ0n) is 11.6. The largest absolute Gasteiger partial charge is 0.370 e. The fourth-order valence-electron chi connectivity index (χ4n) is 3.23. The average Bonchev–Trinajstić information content (AvgIpc) is 2.67. The predicted octanol–water partition coefficient (Wildman–Crippen LogP) is 1.75. The minimum Gasteiger partial charge on any atom is -0.370 e. The summed E-state index contributed by atoms with van der Waals surface area (Å²) >= 11 is 0. The van der Waals surface area contributed by atoms with Gasteiger partial charge in [0.05, 0.1) is 10.6 Å². The van der Waals surface area contributed by atoms with Crippen LogP contribution in [-0.4, -0.2) is 34.6 Å². The summed E-state index contributed by atoms with van der Waals surface area (Å²) in [6.07, 6.45) is 1.10. The molecule has 0 bridgehead atoms. The van der Waals surface area contributed by atoms with Crippen molar-refractivity contribution in [3.8, 4) is 0 Å². The van der Waals surface area contributed by atoms with E-state index in [0.717, 1.165) is 49.1 Å². The molecule has 0 spiro atoms. The highest BCUT2D eigenvalue weighted by Gasteiger charge is 2.28. The molecular formula is C15H17N3O2S. The van der Waals surface area contributed by atoms with E-state index in [0.29, 0.717) is 10.6 Å². The van der Waals surface area contributed by atoms with Gasteiger partial charge in [0.2, 0.25) is 0 Å². The monoisotopic (exact) mass is 303 g/mol. The van der Waals surface area contributed by atoms with E-state index in [-0.39, 0.29) is 0 Å². The molecule has 0 aliphatic carbocycles. The highest BCUT2D eigenvalue weighted by molar-refractivity contribution is 7.93. The van der Waals surface area contributed by atoms with E-state index in [1.807, 2.05) is 24.3 Å². The zero-order chi connectivity index (χ0) is 14.4. The van der Waals surface area contributed by atoms with E-state index in [1.165, 1.54) is 0 Å². The molecule has 2 aliphatic rings. The third-order valence-corrected chi connectivity index (χ3v) is 5.60. The summed E-state index contributed by atoms with van der Waals surface area (Å²) in [6.45, 7) is 3.93. The van der Waals surface area contributed by atoms with Crippen LogP contribution in [0.25, 0.3) is 10.8 Å². The quantitative estimate of drug-likeness (QED) is 0.842. The van der Waals surface area contributed by atoms with Crippen LogP contribution >= 0.6 is 0 Å². The van der Waals surface area contributed by atoms with Crippen molar-refractivity contribution in [2.24, 2.45) is 0 Å². The first-order valence-electron chi connectivity index (χ1n) is 7.21. The van der Waals surface area contributed by atoms with Gasteiger partial charge in [-0.2, -0.15) is 0 Å². The molecule has 5 nitrogen and oxygen atoms in total. The number of sulfonamides is 1. The van der Waals surface area contributed by atoms with Gasteiger partial charge in [-0.15, -0.1) is 0 Å². The Hall–Kier alpha value is -1.79. The highest BCUT2D eigenvalue weighted by atomic mass is 32.2. The van der Waals surface area contributed by atoms with Gasteiger partial charge in [0.1, 0.15) is 0 Å². The van der Waals surface area contributed by atoms with Gasteiger partial charge in [-0.25, -0.2) is 8.42 Å². The van der Waals surface area contributed by atoms with Gasteiger partial charge in [0.25, 0.3) is 10.0 Å². The number of hydrogen-bond acceptors (Lipinski definition) is 4. The molecule has 110 valence electrons. The van der Waals surface area contributed by atoms with Crippen LogP contribution in [-0.2, 0) is 10.0 Å². The Labute approximate surface area is 124 Å². The van der Waals surface area contributed by atoms with Gasteiger partial charge in [0, 0.05) is 36.1 Å². The number of anilines is 2. The lowest BCUT2D eigenvalue weighted by molar-refractivity contribution is 0.603. The van der Waals surface area contributed by atoms with Gasteiger partial charge < -0.3 is 10.2 Å². The Balaban J connectivity index is 1.93. The number of rotatable bonds is 1. The van der Waals surface area contributed by atoms with Crippen molar-refractivity contribution in [3.63, 3.8) is 0 Å². The van der Waals surface area contributed by atoms with Crippen LogP contribution in [0, 0.1) is 0 Å². The lowest BCUT2D eigenvalue weighted by atomic mass is 10.1. The van der Waals surface area contributed by atoms with Crippen molar-refractivity contribution in [2.45, 2.75) is 11.3 Å². The maximum absolute atomic E-state index is 12.1. The van der Waals surface area contributed by atoms with Crippen LogP contribution in [0.1, 0.15) is 6.42 Å². The summed E-state index contributed by atoms with van der Waals surface area (Å²) in [5.41, 5.74) is 1.82. The fourth-order valence-corrected chi connectivity index (χ4v) is 4.54. The lowest BCUT2D eigenvalue weighted by Gasteiger charge is -2.24. The summed E-state index contributed by atoms with van der Waals surface area (Å²) in [5, 5.41) is 5.23. The van der Waals surface area contributed by atoms with E-state index >= 15 is 0 Å². The summed E-state index contributed by atoms with van der Waals surface area (Å²) in [4.78, 5) is 2.73. The number of benzene rings is 2. The van der Waals surface area contributed by atoms with Crippen LogP contribution in [0.5, 0.6) is 0 Å². The van der Waals surface area contributed by atoms with Crippen LogP contribution in [0.2, 0.25) is 0 Å². The van der Waals surface area contributed by atoms with Crippen LogP contribution in [0.3, 0.4) is 0 Å². The van der Waals surface area contributed by atoms with Gasteiger partial charge in [-0.3, -0.25) is 4.72 Å². The second-order valence-electron chi connectivity index (χ2n) is 5.51. The summed E-state index contributed by atoms with van der Waals surface area (Å²) in [5.74, 6) is 0. The molecule has 2 aromatic carbocycles. The third kappa shape index (κ3) is 1.98. The molecule has 6 heteroatoms. The Morgan fingerprint density at radius 3 is 2.86 bits per heavy atom. The second kappa shape index (κ2) is 4.61. The Bertz CT molecular complexity index is 809. The molecule has 2 N–H and O–H groups in total. The Morgan fingerprint density at radius 1 is 1.05 bits per heavy atom. The third-order valence-electron chi connectivity index (χ3n) is 4.19. The summed E-state index contributed by atoms with van der Waals surface area (Å²) in [6, 6.07) is 9.42. The average molecular weight is 303 g/mol. The SMILES string of the molecule is O=S1(=O)Nc2ccc(N3CCCNCC3)c3cccc1c23. The van der Waals surface area contributed by atoms with Gasteiger partial charge in [-0.05, 0) is 31.2 Å². The molecule has 0 unspecified atom stereocenters. The topological polar surface area (TPSA) is 61.4 Å². The molecule has 21 heavy (non-hydrogen) atoms. The first-order chi connectivity index (χ1) is 10.2. The van der Waals surface area contributed by atoms with Crippen molar-refractivity contribution >= 4 is 32.2 Å². The van der Waals surface area contributed by atoms with Gasteiger partial charge in [-0.1, -0.05) is 12.1 Å². The van der Waals surface area contributed by atoms with Gasteiger partial charge in [0.15, 0.2) is 0 Å². The van der Waals surface area contributed by atoms with E-state index < -0.39 is 10.0 Å². The molecular weight excluding hydrogens is 286 g/mol. The second-order valence-corrected chi connectivity index (χ2v) is 7.16. The molecule has 1 fully saturated rings. The lowest BCUT2D eigenvalue weighted by Crippen LogP contribution is -2.27. The van der Waals surface area contributed by atoms with E-state index in [1.54, 1.807) is 6.07 Å². The molecule has 1 saturated heterocycles. The number of nitrogens with zero attached hydrogens (tertiary/aromatic N) is 1. The summed E-state index contributed by atoms with van der Waals surface area (Å²) < 4.78 is 26.9. The van der Waals surface area contributed by atoms with Crippen molar-refractivity contribution < 1.29 is 8.42 Å². The van der Waals surface area contributed by atoms with E-state index in [9.17, 15) is 8.42 Å². The highest BCUT2D eigenvalue weighted by Crippen LogP contribution is 2.41. The van der Waals surface area contributed by atoms with E-state index in [2.05, 4.69) is 14.9 Å². The molecule has 0 radical (unpaired) electrons. The Morgan fingerprint density at radius 2 is 1.95 bits per heavy atom.